The van der Waals surface area contributed by atoms with Crippen molar-refractivity contribution in [1.82, 2.24) is 20.0 Å². The van der Waals surface area contributed by atoms with Gasteiger partial charge in [-0.05, 0) is 52.0 Å². The number of hydrogen-bond donors (Lipinski definition) is 2. The van der Waals surface area contributed by atoms with E-state index in [0.717, 1.165) is 0 Å². The maximum Gasteiger partial charge on any atom is 0.251 e. The summed E-state index contributed by atoms with van der Waals surface area (Å²) in [7, 11) is 0. The van der Waals surface area contributed by atoms with Gasteiger partial charge in [0.15, 0.2) is 11.6 Å². The van der Waals surface area contributed by atoms with Crippen molar-refractivity contribution < 1.29 is 23.8 Å². The minimum Gasteiger partial charge on any atom is -0.453 e. The van der Waals surface area contributed by atoms with E-state index < -0.39 is 17.5 Å². The summed E-state index contributed by atoms with van der Waals surface area (Å²) in [4.78, 5) is 0. The fourth-order valence-electron chi connectivity index (χ4n) is 3.77. The predicted molar refractivity (Wildman–Crippen MR) is 138 cm³/mol. The van der Waals surface area contributed by atoms with Crippen LogP contribution in [0.3, 0.4) is 0 Å². The number of nitriles is 1. The summed E-state index contributed by atoms with van der Waals surface area (Å²) in [6, 6.07) is 9.25. The van der Waals surface area contributed by atoms with Gasteiger partial charge in [-0.1, -0.05) is 29.3 Å². The van der Waals surface area contributed by atoms with E-state index in [1.165, 1.54) is 44.2 Å². The predicted octanol–water partition coefficient (Wildman–Crippen LogP) is 5.38. The van der Waals surface area contributed by atoms with Crippen LogP contribution in [0.5, 0.6) is 11.5 Å². The molecule has 0 spiro atoms. The van der Waals surface area contributed by atoms with Gasteiger partial charge in [-0.2, -0.15) is 10.4 Å². The number of ether oxygens (including phenoxy) is 1. The number of aliphatic hydroxyl groups is 2. The van der Waals surface area contributed by atoms with E-state index >= 15 is 4.39 Å². The Morgan fingerprint density at radius 2 is 1.95 bits per heavy atom. The third-order valence-electron chi connectivity index (χ3n) is 5.91. The summed E-state index contributed by atoms with van der Waals surface area (Å²) in [5.41, 5.74) is 0.975. The molecule has 9 nitrogen and oxygen atoms in total. The molecule has 198 valence electrons. The molecule has 0 bridgehead atoms. The van der Waals surface area contributed by atoms with Crippen molar-refractivity contribution in [2.45, 2.75) is 52.4 Å². The largest absolute Gasteiger partial charge is 0.453 e. The van der Waals surface area contributed by atoms with E-state index in [9.17, 15) is 10.2 Å². The Kier molecular flexibility index (Phi) is 7.76. The van der Waals surface area contributed by atoms with Gasteiger partial charge >= 0.3 is 0 Å². The van der Waals surface area contributed by atoms with E-state index in [0.29, 0.717) is 17.0 Å². The molecule has 0 amide bonds. The van der Waals surface area contributed by atoms with Crippen molar-refractivity contribution >= 4 is 23.2 Å². The summed E-state index contributed by atoms with van der Waals surface area (Å²) in [6.07, 6.45) is -1.09. The lowest BCUT2D eigenvalue weighted by molar-refractivity contribution is -0.0568. The summed E-state index contributed by atoms with van der Waals surface area (Å²) >= 11 is 12.2. The second kappa shape index (κ2) is 10.7. The molecule has 4 aromatic rings. The standard InChI is InChI=1S/C26H24Cl2FN5O4/c1-13-22(14(2)34(33-13)12-20(35)26(3,4)36)25-32-31-21(38-25)9-16-5-6-19(28)24(23(16)29)37-18-8-15(11-30)7-17(27)10-18/h5-8,10,20,35-36H,9,12H2,1-4H3. The second-order valence-corrected chi connectivity index (χ2v) is 10.2. The van der Waals surface area contributed by atoms with E-state index in [-0.39, 0.29) is 57.4 Å². The van der Waals surface area contributed by atoms with Gasteiger partial charge in [-0.3, -0.25) is 4.68 Å². The number of aromatic nitrogens is 4. The smallest absolute Gasteiger partial charge is 0.251 e. The van der Waals surface area contributed by atoms with E-state index in [2.05, 4.69) is 15.3 Å². The van der Waals surface area contributed by atoms with Crippen molar-refractivity contribution in [3.8, 4) is 29.0 Å². The molecule has 0 radical (unpaired) electrons. The molecule has 12 heteroatoms. The van der Waals surface area contributed by atoms with Crippen molar-refractivity contribution in [3.63, 3.8) is 0 Å². The Morgan fingerprint density at radius 1 is 1.21 bits per heavy atom. The van der Waals surface area contributed by atoms with Crippen LogP contribution in [0.15, 0.2) is 34.7 Å². The van der Waals surface area contributed by atoms with Crippen LogP contribution in [0.4, 0.5) is 4.39 Å². The molecule has 4 rings (SSSR count). The molecule has 1 unspecified atom stereocenters. The molecular weight excluding hydrogens is 536 g/mol. The molecule has 1 atom stereocenters. The normalized spacial score (nSPS) is 12.4. The van der Waals surface area contributed by atoms with Crippen molar-refractivity contribution in [2.24, 2.45) is 0 Å². The Morgan fingerprint density at radius 3 is 2.63 bits per heavy atom. The van der Waals surface area contributed by atoms with Gasteiger partial charge in [0, 0.05) is 16.3 Å². The molecule has 0 aliphatic carbocycles. The first kappa shape index (κ1) is 27.5. The Bertz CT molecular complexity index is 1540. The summed E-state index contributed by atoms with van der Waals surface area (Å²) in [6.45, 7) is 6.64. The fourth-order valence-corrected chi connectivity index (χ4v) is 4.18. The molecule has 2 aromatic heterocycles. The quantitative estimate of drug-likeness (QED) is 0.294. The average molecular weight is 560 g/mol. The number of nitrogens with zero attached hydrogens (tertiary/aromatic N) is 5. The minimum absolute atomic E-state index is 0.0304. The highest BCUT2D eigenvalue weighted by Gasteiger charge is 2.27. The van der Waals surface area contributed by atoms with Crippen LogP contribution in [-0.4, -0.2) is 41.9 Å². The lowest BCUT2D eigenvalue weighted by Crippen LogP contribution is -2.39. The Labute approximate surface area is 228 Å². The molecular formula is C26H24Cl2FN5O4. The lowest BCUT2D eigenvalue weighted by atomic mass is 10.0. The van der Waals surface area contributed by atoms with Crippen LogP contribution in [-0.2, 0) is 13.0 Å². The Balaban J connectivity index is 1.59. The highest BCUT2D eigenvalue weighted by atomic mass is 35.5. The molecule has 38 heavy (non-hydrogen) atoms. The topological polar surface area (TPSA) is 130 Å². The van der Waals surface area contributed by atoms with Crippen LogP contribution >= 0.6 is 23.2 Å². The molecule has 2 heterocycles. The fraction of sp³-hybridized carbons (Fsp3) is 0.308. The third-order valence-corrected chi connectivity index (χ3v) is 6.43. The van der Waals surface area contributed by atoms with E-state index in [1.807, 2.05) is 6.07 Å². The van der Waals surface area contributed by atoms with Crippen molar-refractivity contribution in [2.75, 3.05) is 0 Å². The summed E-state index contributed by atoms with van der Waals surface area (Å²) in [5, 5.41) is 42.3. The lowest BCUT2D eigenvalue weighted by Gasteiger charge is -2.24. The van der Waals surface area contributed by atoms with Crippen molar-refractivity contribution in [3.05, 3.63) is 74.6 Å². The third kappa shape index (κ3) is 5.81. The van der Waals surface area contributed by atoms with Crippen LogP contribution in [0, 0.1) is 31.0 Å². The first-order valence-corrected chi connectivity index (χ1v) is 12.3. The second-order valence-electron chi connectivity index (χ2n) is 9.31. The van der Waals surface area contributed by atoms with Crippen LogP contribution in [0.25, 0.3) is 11.5 Å². The number of halogens is 3. The highest BCUT2D eigenvalue weighted by molar-refractivity contribution is 6.32. The highest BCUT2D eigenvalue weighted by Crippen LogP contribution is 2.36. The summed E-state index contributed by atoms with van der Waals surface area (Å²) in [5.74, 6) is -0.466. The maximum atomic E-state index is 15.4. The van der Waals surface area contributed by atoms with Gasteiger partial charge in [-0.25, -0.2) is 4.39 Å². The average Bonchev–Trinajstić information content (AvgIpc) is 3.40. The van der Waals surface area contributed by atoms with Crippen molar-refractivity contribution in [1.29, 1.82) is 5.26 Å². The molecule has 2 aromatic carbocycles. The first-order chi connectivity index (χ1) is 17.9. The number of aliphatic hydroxyl groups excluding tert-OH is 1. The monoisotopic (exact) mass is 559 g/mol. The molecule has 0 fully saturated rings. The number of rotatable bonds is 8. The zero-order chi connectivity index (χ0) is 27.8. The number of hydrogen-bond acceptors (Lipinski definition) is 8. The SMILES string of the molecule is Cc1nn(CC(O)C(C)(C)O)c(C)c1-c1nnc(Cc2ccc(Cl)c(Oc3cc(Cl)cc(C#N)c3)c2F)o1. The van der Waals surface area contributed by atoms with Gasteiger partial charge in [0.1, 0.15) is 11.9 Å². The number of benzene rings is 2. The summed E-state index contributed by atoms with van der Waals surface area (Å²) < 4.78 is 28.5. The van der Waals surface area contributed by atoms with Gasteiger partial charge in [-0.15, -0.1) is 10.2 Å². The molecule has 2 N–H and O–H groups in total. The van der Waals surface area contributed by atoms with Gasteiger partial charge < -0.3 is 19.4 Å². The minimum atomic E-state index is -1.31. The zero-order valence-electron chi connectivity index (χ0n) is 21.0. The van der Waals surface area contributed by atoms with E-state index in [4.69, 9.17) is 37.6 Å². The molecule has 0 aliphatic rings. The molecule has 0 saturated heterocycles. The Hall–Kier alpha value is -3.49. The van der Waals surface area contributed by atoms with Crippen LogP contribution in [0.2, 0.25) is 10.0 Å². The molecule has 0 aliphatic heterocycles. The number of aryl methyl sites for hydroxylation is 1. The van der Waals surface area contributed by atoms with E-state index in [1.54, 1.807) is 18.5 Å². The first-order valence-electron chi connectivity index (χ1n) is 11.5. The van der Waals surface area contributed by atoms with Gasteiger partial charge in [0.25, 0.3) is 5.89 Å². The molecule has 0 saturated carbocycles. The van der Waals surface area contributed by atoms with Gasteiger partial charge in [0.05, 0.1) is 46.5 Å². The maximum absolute atomic E-state index is 15.4. The van der Waals surface area contributed by atoms with Gasteiger partial charge in [0.2, 0.25) is 5.89 Å². The zero-order valence-corrected chi connectivity index (χ0v) is 22.5. The van der Waals surface area contributed by atoms with Crippen LogP contribution in [0.1, 0.15) is 42.3 Å². The van der Waals surface area contributed by atoms with Crippen LogP contribution < -0.4 is 4.74 Å².